The van der Waals surface area contributed by atoms with Crippen LogP contribution in [0.1, 0.15) is 58.3 Å². The Kier molecular flexibility index (Phi) is 9.84. The van der Waals surface area contributed by atoms with Gasteiger partial charge in [0.15, 0.2) is 0 Å². The average Bonchev–Trinajstić information content (AvgIpc) is 3.44. The van der Waals surface area contributed by atoms with Crippen LogP contribution in [0.25, 0.3) is 10.9 Å². The molecule has 2 aliphatic rings. The lowest BCUT2D eigenvalue weighted by Crippen LogP contribution is -2.47. The number of benzene rings is 1. The van der Waals surface area contributed by atoms with Crippen LogP contribution in [0, 0.1) is 5.92 Å². The van der Waals surface area contributed by atoms with Gasteiger partial charge in [0.1, 0.15) is 21.7 Å². The van der Waals surface area contributed by atoms with Crippen LogP contribution in [0.5, 0.6) is 5.75 Å². The highest BCUT2D eigenvalue weighted by Gasteiger charge is 2.35. The van der Waals surface area contributed by atoms with Gasteiger partial charge in [-0.25, -0.2) is 23.4 Å². The normalized spacial score (nSPS) is 19.7. The zero-order valence-electron chi connectivity index (χ0n) is 24.9. The molecule has 1 amide bonds. The number of piperidine rings is 1. The van der Waals surface area contributed by atoms with E-state index >= 15 is 0 Å². The van der Waals surface area contributed by atoms with Gasteiger partial charge in [-0.2, -0.15) is 0 Å². The molecule has 3 aromatic rings. The van der Waals surface area contributed by atoms with Gasteiger partial charge < -0.3 is 14.4 Å². The summed E-state index contributed by atoms with van der Waals surface area (Å²) in [6, 6.07) is 9.71. The summed E-state index contributed by atoms with van der Waals surface area (Å²) in [6.07, 6.45) is 11.9. The van der Waals surface area contributed by atoms with Crippen LogP contribution in [-0.2, 0) is 24.2 Å². The van der Waals surface area contributed by atoms with E-state index in [9.17, 15) is 18.0 Å². The molecule has 12 heteroatoms. The van der Waals surface area contributed by atoms with Gasteiger partial charge in [0.25, 0.3) is 0 Å². The Balaban J connectivity index is 1.27. The SMILES string of the molecule is CCC(=O)OC1CCN(C(=O)C2CCC(N(c3ncccn3)n3ccc4c(OCCCS(C)(=O)=O)cccc43)CC2)CC1. The molecule has 0 atom stereocenters. The predicted molar refractivity (Wildman–Crippen MR) is 163 cm³/mol. The molecule has 2 aromatic heterocycles. The third kappa shape index (κ3) is 7.65. The zero-order chi connectivity index (χ0) is 30.4. The van der Waals surface area contributed by atoms with E-state index in [1.54, 1.807) is 25.4 Å². The number of esters is 1. The van der Waals surface area contributed by atoms with Crippen molar-refractivity contribution < 1.29 is 27.5 Å². The summed E-state index contributed by atoms with van der Waals surface area (Å²) in [5, 5.41) is 3.03. The van der Waals surface area contributed by atoms with Crippen molar-refractivity contribution in [3.63, 3.8) is 0 Å². The molecule has 11 nitrogen and oxygen atoms in total. The maximum Gasteiger partial charge on any atom is 0.305 e. The van der Waals surface area contributed by atoms with Gasteiger partial charge in [-0.15, -0.1) is 0 Å². The Morgan fingerprint density at radius 3 is 2.40 bits per heavy atom. The number of fused-ring (bicyclic) bond motifs is 1. The van der Waals surface area contributed by atoms with E-state index < -0.39 is 9.84 Å². The number of ether oxygens (including phenoxy) is 2. The first-order chi connectivity index (χ1) is 20.7. The maximum absolute atomic E-state index is 13.4. The van der Waals surface area contributed by atoms with Gasteiger partial charge in [0.2, 0.25) is 11.9 Å². The highest BCUT2D eigenvalue weighted by atomic mass is 32.2. The Bertz CT molecular complexity index is 1500. The molecule has 1 saturated carbocycles. The van der Waals surface area contributed by atoms with Crippen molar-refractivity contribution in [1.82, 2.24) is 19.5 Å². The maximum atomic E-state index is 13.4. The molecule has 1 aliphatic heterocycles. The predicted octanol–water partition coefficient (Wildman–Crippen LogP) is 4.02. The lowest BCUT2D eigenvalue weighted by Gasteiger charge is -2.39. The Labute approximate surface area is 253 Å². The number of hydrogen-bond acceptors (Lipinski definition) is 9. The molecule has 2 fully saturated rings. The topological polar surface area (TPSA) is 124 Å². The van der Waals surface area contributed by atoms with Gasteiger partial charge in [0.05, 0.1) is 23.9 Å². The third-order valence-electron chi connectivity index (χ3n) is 8.31. The van der Waals surface area contributed by atoms with Crippen LogP contribution in [0.4, 0.5) is 5.95 Å². The van der Waals surface area contributed by atoms with Gasteiger partial charge in [-0.1, -0.05) is 13.0 Å². The molecule has 43 heavy (non-hydrogen) atoms. The largest absolute Gasteiger partial charge is 0.493 e. The number of amides is 1. The molecule has 0 N–H and O–H groups in total. The van der Waals surface area contributed by atoms with Crippen molar-refractivity contribution in [3.05, 3.63) is 48.9 Å². The fraction of sp³-hybridized carbons (Fsp3) is 0.548. The van der Waals surface area contributed by atoms with Crippen molar-refractivity contribution in [2.45, 2.75) is 70.4 Å². The zero-order valence-corrected chi connectivity index (χ0v) is 25.7. The molecule has 1 aromatic carbocycles. The van der Waals surface area contributed by atoms with Crippen LogP contribution in [0.15, 0.2) is 48.9 Å². The molecule has 232 valence electrons. The summed E-state index contributed by atoms with van der Waals surface area (Å²) in [5.41, 5.74) is 0.929. The Morgan fingerprint density at radius 2 is 1.72 bits per heavy atom. The number of anilines is 1. The second-order valence-electron chi connectivity index (χ2n) is 11.4. The highest BCUT2D eigenvalue weighted by molar-refractivity contribution is 7.90. The Hall–Kier alpha value is -3.67. The number of likely N-dealkylation sites (tertiary alicyclic amines) is 1. The van der Waals surface area contributed by atoms with Crippen LogP contribution in [-0.4, -0.2) is 83.7 Å². The van der Waals surface area contributed by atoms with Gasteiger partial charge in [-0.05, 0) is 56.4 Å². The number of hydrogen-bond donors (Lipinski definition) is 0. The van der Waals surface area contributed by atoms with Crippen molar-refractivity contribution >= 4 is 38.6 Å². The summed E-state index contributed by atoms with van der Waals surface area (Å²) in [6.45, 7) is 3.35. The van der Waals surface area contributed by atoms with Crippen molar-refractivity contribution in [3.8, 4) is 5.75 Å². The second kappa shape index (κ2) is 13.7. The summed E-state index contributed by atoms with van der Waals surface area (Å²) >= 11 is 0. The van der Waals surface area contributed by atoms with E-state index in [1.165, 1.54) is 6.26 Å². The number of rotatable bonds is 11. The van der Waals surface area contributed by atoms with E-state index in [4.69, 9.17) is 9.47 Å². The number of aromatic nitrogens is 3. The monoisotopic (exact) mass is 611 g/mol. The molecule has 1 aliphatic carbocycles. The lowest BCUT2D eigenvalue weighted by molar-refractivity contribution is -0.152. The molecule has 3 heterocycles. The minimum Gasteiger partial charge on any atom is -0.493 e. The molecule has 0 radical (unpaired) electrons. The van der Waals surface area contributed by atoms with Crippen molar-refractivity contribution in [2.24, 2.45) is 5.92 Å². The Morgan fingerprint density at radius 1 is 1.00 bits per heavy atom. The highest BCUT2D eigenvalue weighted by Crippen LogP contribution is 2.34. The minimum absolute atomic E-state index is 0.0297. The second-order valence-corrected chi connectivity index (χ2v) is 13.7. The smallest absolute Gasteiger partial charge is 0.305 e. The fourth-order valence-electron chi connectivity index (χ4n) is 6.08. The number of carbonyl (C=O) groups is 2. The third-order valence-corrected chi connectivity index (χ3v) is 9.34. The van der Waals surface area contributed by atoms with Gasteiger partial charge >= 0.3 is 5.97 Å². The van der Waals surface area contributed by atoms with Crippen molar-refractivity contribution in [1.29, 1.82) is 0 Å². The standard InChI is InChI=1S/C31H41N5O6S/c1-3-29(37)42-25-13-18-34(19-14-25)30(38)23-9-11-24(12-10-23)36(31-32-16-5-17-33-31)35-20-15-26-27(35)7-4-8-28(26)41-21-6-22-43(2,39)40/h4-5,7-8,15-17,20,23-25H,3,6,9-14,18-19,21-22H2,1-2H3. The molecular formula is C31H41N5O6S. The van der Waals surface area contributed by atoms with Gasteiger partial charge in [-0.3, -0.25) is 14.3 Å². The van der Waals surface area contributed by atoms with E-state index in [2.05, 4.69) is 19.7 Å². The number of sulfone groups is 1. The molecule has 5 rings (SSSR count). The lowest BCUT2D eigenvalue weighted by atomic mass is 9.84. The van der Waals surface area contributed by atoms with E-state index in [-0.39, 0.29) is 35.7 Å². The average molecular weight is 612 g/mol. The fourth-order valence-corrected chi connectivity index (χ4v) is 6.72. The summed E-state index contributed by atoms with van der Waals surface area (Å²) in [4.78, 5) is 36.2. The minimum atomic E-state index is -3.04. The first-order valence-corrected chi connectivity index (χ1v) is 17.2. The summed E-state index contributed by atoms with van der Waals surface area (Å²) in [5.74, 6) is 1.35. The molecule has 0 spiro atoms. The molecule has 0 bridgehead atoms. The first-order valence-electron chi connectivity index (χ1n) is 15.2. The van der Waals surface area contributed by atoms with E-state index in [0.717, 1.165) is 36.6 Å². The van der Waals surface area contributed by atoms with E-state index in [0.29, 0.717) is 57.1 Å². The summed E-state index contributed by atoms with van der Waals surface area (Å²) < 4.78 is 36.5. The molecular weight excluding hydrogens is 570 g/mol. The van der Waals surface area contributed by atoms with Crippen LogP contribution < -0.4 is 9.75 Å². The number of nitrogens with zero attached hydrogens (tertiary/aromatic N) is 5. The van der Waals surface area contributed by atoms with Crippen LogP contribution in [0.2, 0.25) is 0 Å². The summed E-state index contributed by atoms with van der Waals surface area (Å²) in [7, 11) is -3.04. The van der Waals surface area contributed by atoms with Crippen LogP contribution in [0.3, 0.4) is 0 Å². The van der Waals surface area contributed by atoms with E-state index in [1.807, 2.05) is 35.4 Å². The van der Waals surface area contributed by atoms with Crippen molar-refractivity contribution in [2.75, 3.05) is 36.7 Å². The quantitative estimate of drug-likeness (QED) is 0.234. The van der Waals surface area contributed by atoms with Crippen LogP contribution >= 0.6 is 0 Å². The first kappa shape index (κ1) is 30.8. The molecule has 0 unspecified atom stereocenters. The van der Waals surface area contributed by atoms with Gasteiger partial charge in [0, 0.05) is 68.5 Å². The molecule has 1 saturated heterocycles. The number of carbonyl (C=O) groups excluding carboxylic acids is 2.